The molecule has 0 heterocycles. The Morgan fingerprint density at radius 1 is 1.53 bits per heavy atom. The van der Waals surface area contributed by atoms with Gasteiger partial charge in [-0.15, -0.1) is 0 Å². The van der Waals surface area contributed by atoms with Crippen LogP contribution in [0.15, 0.2) is 35.4 Å². The minimum atomic E-state index is -1.36. The van der Waals surface area contributed by atoms with Gasteiger partial charge in [-0.3, -0.25) is 4.79 Å². The van der Waals surface area contributed by atoms with Gasteiger partial charge in [0.2, 0.25) is 5.91 Å². The molecule has 0 saturated carbocycles. The lowest BCUT2D eigenvalue weighted by Crippen LogP contribution is -2.32. The Hall–Kier alpha value is -2.31. The molecule has 0 fully saturated rings. The van der Waals surface area contributed by atoms with Gasteiger partial charge in [-0.25, -0.2) is 0 Å². The maximum atomic E-state index is 11.8. The van der Waals surface area contributed by atoms with Gasteiger partial charge in [0.1, 0.15) is 5.41 Å². The average Bonchev–Trinajstić information content (AvgIpc) is 2.37. The van der Waals surface area contributed by atoms with Crippen molar-refractivity contribution in [1.82, 2.24) is 0 Å². The summed E-state index contributed by atoms with van der Waals surface area (Å²) in [5, 5.41) is 12.4. The van der Waals surface area contributed by atoms with E-state index in [1.807, 2.05) is 13.0 Å². The van der Waals surface area contributed by atoms with Crippen LogP contribution in [0.4, 0.5) is 0 Å². The first-order valence-corrected chi connectivity index (χ1v) is 5.27. The van der Waals surface area contributed by atoms with Crippen LogP contribution in [0.25, 0.3) is 10.4 Å². The van der Waals surface area contributed by atoms with E-state index < -0.39 is 11.3 Å². The Labute approximate surface area is 99.3 Å². The number of rotatable bonds is 4. The van der Waals surface area contributed by atoms with Crippen molar-refractivity contribution < 1.29 is 4.79 Å². The van der Waals surface area contributed by atoms with Crippen molar-refractivity contribution in [2.75, 3.05) is 0 Å². The Morgan fingerprint density at radius 2 is 2.18 bits per heavy atom. The summed E-state index contributed by atoms with van der Waals surface area (Å²) < 4.78 is 0. The third-order valence-corrected chi connectivity index (χ3v) is 2.58. The number of nitrogens with zero attached hydrogens (tertiary/aromatic N) is 4. The summed E-state index contributed by atoms with van der Waals surface area (Å²) in [7, 11) is 0. The summed E-state index contributed by atoms with van der Waals surface area (Å²) >= 11 is 0. The summed E-state index contributed by atoms with van der Waals surface area (Å²) in [6.07, 6.45) is 0.987. The van der Waals surface area contributed by atoms with E-state index in [0.29, 0.717) is 18.4 Å². The Morgan fingerprint density at radius 3 is 2.65 bits per heavy atom. The van der Waals surface area contributed by atoms with Crippen LogP contribution in [-0.4, -0.2) is 5.91 Å². The van der Waals surface area contributed by atoms with Gasteiger partial charge in [-0.2, -0.15) is 5.26 Å². The molecule has 0 aliphatic heterocycles. The van der Waals surface area contributed by atoms with Crippen LogP contribution in [0, 0.1) is 11.3 Å². The van der Waals surface area contributed by atoms with Gasteiger partial charge in [0, 0.05) is 4.91 Å². The van der Waals surface area contributed by atoms with Crippen LogP contribution in [0.3, 0.4) is 0 Å². The first-order valence-electron chi connectivity index (χ1n) is 5.27. The molecule has 86 valence electrons. The first-order chi connectivity index (χ1) is 8.21. The van der Waals surface area contributed by atoms with Crippen molar-refractivity contribution in [3.05, 3.63) is 46.3 Å². The molecule has 0 aromatic heterocycles. The molecular formula is C12H12N4O. The van der Waals surface area contributed by atoms with E-state index in [0.717, 1.165) is 0 Å². The number of hydrogen-bond donors (Lipinski definition) is 0. The normalized spacial score (nSPS) is 12.9. The van der Waals surface area contributed by atoms with Gasteiger partial charge in [0.25, 0.3) is 0 Å². The van der Waals surface area contributed by atoms with E-state index in [1.165, 1.54) is 0 Å². The second-order valence-corrected chi connectivity index (χ2v) is 3.63. The fraction of sp³-hybridized carbons (Fsp3) is 0.333. The van der Waals surface area contributed by atoms with Gasteiger partial charge < -0.3 is 0 Å². The maximum absolute atomic E-state index is 11.8. The lowest BCUT2D eigenvalue weighted by molar-refractivity contribution is -0.121. The number of amides is 1. The highest BCUT2D eigenvalue weighted by Crippen LogP contribution is 2.30. The molecule has 0 saturated heterocycles. The quantitative estimate of drug-likeness (QED) is 0.450. The molecule has 0 N–H and O–H groups in total. The minimum absolute atomic E-state index is 0.339. The van der Waals surface area contributed by atoms with Gasteiger partial charge in [0.05, 0.1) is 6.07 Å². The van der Waals surface area contributed by atoms with E-state index in [9.17, 15) is 10.1 Å². The SMILES string of the molecule is CCC[C@@](C#N)(C(=O)N=[N+]=[N-])c1ccccc1. The van der Waals surface area contributed by atoms with Gasteiger partial charge in [-0.05, 0) is 22.6 Å². The molecule has 0 bridgehead atoms. The minimum Gasteiger partial charge on any atom is -0.290 e. The topological polar surface area (TPSA) is 89.6 Å². The summed E-state index contributed by atoms with van der Waals surface area (Å²) in [6.45, 7) is 1.87. The first kappa shape index (κ1) is 12.8. The summed E-state index contributed by atoms with van der Waals surface area (Å²) in [5.74, 6) is -0.740. The number of benzene rings is 1. The molecule has 0 aliphatic carbocycles. The molecule has 17 heavy (non-hydrogen) atoms. The second kappa shape index (κ2) is 5.69. The highest BCUT2D eigenvalue weighted by atomic mass is 16.2. The van der Waals surface area contributed by atoms with Gasteiger partial charge >= 0.3 is 0 Å². The fourth-order valence-electron chi connectivity index (χ4n) is 1.77. The molecule has 1 aromatic rings. The predicted octanol–water partition coefficient (Wildman–Crippen LogP) is 3.08. The third-order valence-electron chi connectivity index (χ3n) is 2.58. The smallest absolute Gasteiger partial charge is 0.243 e. The molecule has 1 rings (SSSR count). The van der Waals surface area contributed by atoms with Crippen molar-refractivity contribution >= 4 is 5.91 Å². The van der Waals surface area contributed by atoms with Crippen LogP contribution in [0.5, 0.6) is 0 Å². The zero-order valence-corrected chi connectivity index (χ0v) is 9.50. The van der Waals surface area contributed by atoms with E-state index in [1.54, 1.807) is 30.3 Å². The summed E-state index contributed by atoms with van der Waals surface area (Å²) in [4.78, 5) is 14.3. The number of azide groups is 1. The zero-order valence-electron chi connectivity index (χ0n) is 9.50. The molecule has 5 nitrogen and oxygen atoms in total. The monoisotopic (exact) mass is 228 g/mol. The van der Waals surface area contributed by atoms with Gasteiger partial charge in [0.15, 0.2) is 0 Å². The van der Waals surface area contributed by atoms with Crippen LogP contribution in [0.2, 0.25) is 0 Å². The summed E-state index contributed by atoms with van der Waals surface area (Å²) in [6, 6.07) is 10.7. The van der Waals surface area contributed by atoms with Crippen LogP contribution >= 0.6 is 0 Å². The molecule has 0 unspecified atom stereocenters. The Kier molecular flexibility index (Phi) is 4.27. The van der Waals surface area contributed by atoms with Crippen molar-refractivity contribution in [3.63, 3.8) is 0 Å². The summed E-state index contributed by atoms with van der Waals surface area (Å²) in [5.41, 5.74) is 7.55. The molecule has 0 radical (unpaired) electrons. The van der Waals surface area contributed by atoms with Crippen molar-refractivity contribution in [2.24, 2.45) is 5.11 Å². The molecule has 1 atom stereocenters. The van der Waals surface area contributed by atoms with E-state index in [-0.39, 0.29) is 0 Å². The average molecular weight is 228 g/mol. The molecule has 0 spiro atoms. The zero-order chi connectivity index (χ0) is 12.7. The number of nitriles is 1. The lowest BCUT2D eigenvalue weighted by Gasteiger charge is -2.22. The number of hydrogen-bond acceptors (Lipinski definition) is 2. The fourth-order valence-corrected chi connectivity index (χ4v) is 1.77. The van der Waals surface area contributed by atoms with Crippen LogP contribution in [0.1, 0.15) is 25.3 Å². The number of carbonyl (C=O) groups is 1. The molecule has 1 aromatic carbocycles. The maximum Gasteiger partial charge on any atom is 0.243 e. The van der Waals surface area contributed by atoms with E-state index in [2.05, 4.69) is 10.0 Å². The van der Waals surface area contributed by atoms with E-state index >= 15 is 0 Å². The number of carbonyl (C=O) groups excluding carboxylic acids is 1. The van der Waals surface area contributed by atoms with E-state index in [4.69, 9.17) is 5.53 Å². The van der Waals surface area contributed by atoms with Gasteiger partial charge in [-0.1, -0.05) is 43.7 Å². The molecule has 5 heteroatoms. The highest BCUT2D eigenvalue weighted by molar-refractivity contribution is 5.92. The third kappa shape index (κ3) is 2.44. The largest absolute Gasteiger partial charge is 0.290 e. The molecule has 1 amide bonds. The van der Waals surface area contributed by atoms with Crippen molar-refractivity contribution in [1.29, 1.82) is 5.26 Å². The second-order valence-electron chi connectivity index (χ2n) is 3.63. The predicted molar refractivity (Wildman–Crippen MR) is 62.8 cm³/mol. The molecule has 0 aliphatic rings. The van der Waals surface area contributed by atoms with Crippen molar-refractivity contribution in [3.8, 4) is 6.07 Å². The Bertz CT molecular complexity index is 485. The van der Waals surface area contributed by atoms with Crippen LogP contribution < -0.4 is 0 Å². The standard InChI is InChI=1S/C12H12N4O/c1-2-8-12(9-13,11(17)15-16-14)10-6-4-3-5-7-10/h3-7H,2,8H2,1H3/t12-/m0/s1. The molecular weight excluding hydrogens is 216 g/mol. The van der Waals surface area contributed by atoms with Crippen LogP contribution in [-0.2, 0) is 10.2 Å². The Balaban J connectivity index is 3.33. The van der Waals surface area contributed by atoms with Crippen molar-refractivity contribution in [2.45, 2.75) is 25.2 Å². The highest BCUT2D eigenvalue weighted by Gasteiger charge is 2.38. The lowest BCUT2D eigenvalue weighted by atomic mass is 9.77.